The van der Waals surface area contributed by atoms with Crippen molar-refractivity contribution < 1.29 is 19.1 Å². The Hall–Kier alpha value is -2.10. The maximum absolute atomic E-state index is 12.7. The van der Waals surface area contributed by atoms with Crippen molar-refractivity contribution in [3.05, 3.63) is 47.5 Å². The average molecular weight is 368 g/mol. The molecule has 3 aliphatic carbocycles. The number of ether oxygens (including phenoxy) is 2. The normalized spacial score (nSPS) is 35.0. The molecule has 3 fully saturated rings. The Morgan fingerprint density at radius 3 is 2.22 bits per heavy atom. The summed E-state index contributed by atoms with van der Waals surface area (Å²) >= 11 is 0. The molecule has 4 rings (SSSR count). The molecule has 27 heavy (non-hydrogen) atoms. The average Bonchev–Trinajstić information content (AvgIpc) is 3.54. The van der Waals surface area contributed by atoms with E-state index in [1.165, 1.54) is 25.4 Å². The van der Waals surface area contributed by atoms with E-state index in [0.29, 0.717) is 36.5 Å². The first-order valence-electron chi connectivity index (χ1n) is 9.77. The fourth-order valence-corrected chi connectivity index (χ4v) is 6.13. The second kappa shape index (κ2) is 6.22. The second-order valence-corrected chi connectivity index (χ2v) is 8.80. The van der Waals surface area contributed by atoms with Gasteiger partial charge in [-0.05, 0) is 67.8 Å². The van der Waals surface area contributed by atoms with Crippen LogP contribution in [0, 0.1) is 28.6 Å². The van der Waals surface area contributed by atoms with Gasteiger partial charge in [-0.25, -0.2) is 0 Å². The summed E-state index contributed by atoms with van der Waals surface area (Å²) in [6.07, 6.45) is 4.57. The van der Waals surface area contributed by atoms with E-state index < -0.39 is 17.4 Å². The first-order chi connectivity index (χ1) is 12.9. The van der Waals surface area contributed by atoms with Gasteiger partial charge in [0, 0.05) is 0 Å². The minimum Gasteiger partial charge on any atom is -0.468 e. The van der Waals surface area contributed by atoms with E-state index >= 15 is 0 Å². The zero-order valence-corrected chi connectivity index (χ0v) is 16.5. The van der Waals surface area contributed by atoms with Gasteiger partial charge >= 0.3 is 11.9 Å². The molecule has 4 heteroatoms. The summed E-state index contributed by atoms with van der Waals surface area (Å²) in [5.41, 5.74) is 1.52. The number of benzene rings is 1. The molecule has 3 saturated carbocycles. The Morgan fingerprint density at radius 1 is 1.04 bits per heavy atom. The Labute approximate surface area is 160 Å². The molecule has 1 aromatic rings. The minimum atomic E-state index is -1.14. The van der Waals surface area contributed by atoms with Crippen molar-refractivity contribution in [1.82, 2.24) is 0 Å². The number of hydrogen-bond donors (Lipinski definition) is 0. The first-order valence-corrected chi connectivity index (χ1v) is 9.77. The molecule has 4 nitrogen and oxygen atoms in total. The van der Waals surface area contributed by atoms with Crippen molar-refractivity contribution >= 4 is 11.9 Å². The summed E-state index contributed by atoms with van der Waals surface area (Å²) in [4.78, 5) is 25.3. The van der Waals surface area contributed by atoms with E-state index in [2.05, 4.69) is 44.2 Å². The van der Waals surface area contributed by atoms with Gasteiger partial charge in [0.25, 0.3) is 0 Å². The van der Waals surface area contributed by atoms with Gasteiger partial charge in [0.05, 0.1) is 14.2 Å². The Kier molecular flexibility index (Phi) is 4.21. The molecule has 0 unspecified atom stereocenters. The van der Waals surface area contributed by atoms with Crippen molar-refractivity contribution in [2.45, 2.75) is 39.0 Å². The largest absolute Gasteiger partial charge is 0.468 e. The molecule has 5 atom stereocenters. The molecule has 0 aliphatic heterocycles. The minimum absolute atomic E-state index is 0.000347. The summed E-state index contributed by atoms with van der Waals surface area (Å²) in [5, 5.41) is 0. The molecule has 3 aliphatic rings. The summed E-state index contributed by atoms with van der Waals surface area (Å²) in [7, 11) is 2.73. The van der Waals surface area contributed by atoms with Gasteiger partial charge in [-0.1, -0.05) is 42.0 Å². The molecule has 0 N–H and O–H groups in total. The molecule has 1 aromatic carbocycles. The van der Waals surface area contributed by atoms with Crippen LogP contribution in [-0.2, 0) is 19.1 Å². The van der Waals surface area contributed by atoms with Crippen LogP contribution in [0.15, 0.2) is 42.0 Å². The van der Waals surface area contributed by atoms with Crippen molar-refractivity contribution in [2.75, 3.05) is 14.2 Å². The lowest BCUT2D eigenvalue weighted by molar-refractivity contribution is -0.170. The summed E-state index contributed by atoms with van der Waals surface area (Å²) < 4.78 is 10.1. The number of carbonyl (C=O) groups is 2. The van der Waals surface area contributed by atoms with Gasteiger partial charge < -0.3 is 9.47 Å². The summed E-state index contributed by atoms with van der Waals surface area (Å²) in [5.74, 6) is 0.954. The quantitative estimate of drug-likeness (QED) is 0.446. The second-order valence-electron chi connectivity index (χ2n) is 8.80. The molecular formula is C23H28O4. The third-order valence-corrected chi connectivity index (χ3v) is 7.13. The highest BCUT2D eigenvalue weighted by molar-refractivity contribution is 6.01. The van der Waals surface area contributed by atoms with Crippen LogP contribution in [-0.4, -0.2) is 26.2 Å². The first kappa shape index (κ1) is 18.3. The Balaban J connectivity index is 1.70. The van der Waals surface area contributed by atoms with Crippen molar-refractivity contribution in [3.63, 3.8) is 0 Å². The highest BCUT2D eigenvalue weighted by atomic mass is 16.5. The maximum atomic E-state index is 12.7. The number of hydrogen-bond acceptors (Lipinski definition) is 4. The highest BCUT2D eigenvalue weighted by Gasteiger charge is 2.81. The zero-order chi connectivity index (χ0) is 19.4. The molecule has 0 spiro atoms. The molecule has 0 amide bonds. The molecular weight excluding hydrogens is 340 g/mol. The van der Waals surface area contributed by atoms with Crippen LogP contribution in [0.4, 0.5) is 0 Å². The lowest BCUT2D eigenvalue weighted by Crippen LogP contribution is -2.41. The SMILES string of the molecule is COC(=O)C1(C(=O)OC)C[C@H]2[C@H](c3ccccc3)[C@@]2([C@@H]2C[C@H]2C=C(C)C)C1. The van der Waals surface area contributed by atoms with Gasteiger partial charge in [0.2, 0.25) is 0 Å². The van der Waals surface area contributed by atoms with Gasteiger partial charge in [-0.15, -0.1) is 0 Å². The fraction of sp³-hybridized carbons (Fsp3) is 0.565. The van der Waals surface area contributed by atoms with Gasteiger partial charge in [-0.3, -0.25) is 9.59 Å². The van der Waals surface area contributed by atoms with Crippen LogP contribution < -0.4 is 0 Å². The standard InChI is InChI=1S/C23H28O4/c1-14(2)10-16-11-17(16)23-13-22(20(24)26-3,21(25)27-4)12-18(23)19(23)15-8-6-5-7-9-15/h5-10,16-19H,11-13H2,1-4H3/t16-,17-,18+,19+,23-/m1/s1. The molecule has 0 aromatic heterocycles. The van der Waals surface area contributed by atoms with Crippen molar-refractivity contribution in [2.24, 2.45) is 28.6 Å². The number of methoxy groups -OCH3 is 2. The van der Waals surface area contributed by atoms with Crippen LogP contribution >= 0.6 is 0 Å². The monoisotopic (exact) mass is 368 g/mol. The molecule has 144 valence electrons. The third-order valence-electron chi connectivity index (χ3n) is 7.13. The Bertz CT molecular complexity index is 776. The van der Waals surface area contributed by atoms with E-state index in [0.717, 1.165) is 6.42 Å². The molecule has 0 heterocycles. The van der Waals surface area contributed by atoms with Crippen LogP contribution in [0.25, 0.3) is 0 Å². The van der Waals surface area contributed by atoms with E-state index in [1.807, 2.05) is 6.07 Å². The van der Waals surface area contributed by atoms with Crippen molar-refractivity contribution in [1.29, 1.82) is 0 Å². The Morgan fingerprint density at radius 2 is 1.67 bits per heavy atom. The molecule has 0 saturated heterocycles. The summed E-state index contributed by atoms with van der Waals surface area (Å²) in [6.45, 7) is 4.27. The maximum Gasteiger partial charge on any atom is 0.323 e. The van der Waals surface area contributed by atoms with Gasteiger partial charge in [0.1, 0.15) is 0 Å². The predicted octanol–water partition coefficient (Wildman–Crippen LogP) is 4.11. The lowest BCUT2D eigenvalue weighted by Gasteiger charge is -2.29. The van der Waals surface area contributed by atoms with Gasteiger partial charge in [0.15, 0.2) is 5.41 Å². The zero-order valence-electron chi connectivity index (χ0n) is 16.5. The van der Waals surface area contributed by atoms with Crippen LogP contribution in [0.2, 0.25) is 0 Å². The van der Waals surface area contributed by atoms with Crippen LogP contribution in [0.3, 0.4) is 0 Å². The topological polar surface area (TPSA) is 52.6 Å². The smallest absolute Gasteiger partial charge is 0.323 e. The van der Waals surface area contributed by atoms with E-state index in [1.54, 1.807) is 0 Å². The van der Waals surface area contributed by atoms with Crippen molar-refractivity contribution in [3.8, 4) is 0 Å². The predicted molar refractivity (Wildman–Crippen MR) is 102 cm³/mol. The number of rotatable bonds is 5. The van der Waals surface area contributed by atoms with E-state index in [-0.39, 0.29) is 5.41 Å². The number of fused-ring (bicyclic) bond motifs is 1. The number of carbonyl (C=O) groups excluding carboxylic acids is 2. The number of esters is 2. The molecule has 0 radical (unpaired) electrons. The number of allylic oxidation sites excluding steroid dienone is 2. The van der Waals surface area contributed by atoms with E-state index in [9.17, 15) is 9.59 Å². The molecule has 0 bridgehead atoms. The van der Waals surface area contributed by atoms with Gasteiger partial charge in [-0.2, -0.15) is 0 Å². The third kappa shape index (κ3) is 2.56. The lowest BCUT2D eigenvalue weighted by atomic mass is 9.76. The fourth-order valence-electron chi connectivity index (χ4n) is 6.13. The summed E-state index contributed by atoms with van der Waals surface area (Å²) in [6, 6.07) is 10.5. The van der Waals surface area contributed by atoms with E-state index in [4.69, 9.17) is 9.47 Å². The van der Waals surface area contributed by atoms with Crippen LogP contribution in [0.1, 0.15) is 44.6 Å². The van der Waals surface area contributed by atoms with Crippen LogP contribution in [0.5, 0.6) is 0 Å². The highest BCUT2D eigenvalue weighted by Crippen LogP contribution is 2.84.